The second-order valence-electron chi connectivity index (χ2n) is 26.0. The molecule has 26 heteroatoms. The van der Waals surface area contributed by atoms with Crippen molar-refractivity contribution in [2.75, 3.05) is 53.3 Å². The summed E-state index contributed by atoms with van der Waals surface area (Å²) in [7, 11) is 5.96. The van der Waals surface area contributed by atoms with Crippen LogP contribution in [0.3, 0.4) is 0 Å². The van der Waals surface area contributed by atoms with Crippen molar-refractivity contribution in [3.05, 3.63) is 71.8 Å². The lowest BCUT2D eigenvalue weighted by atomic mass is 9.89. The molecule has 518 valence electrons. The van der Waals surface area contributed by atoms with E-state index >= 15 is 0 Å². The van der Waals surface area contributed by atoms with Gasteiger partial charge in [0.05, 0.1) is 61.1 Å². The Morgan fingerprint density at radius 1 is 0.785 bits per heavy atom. The number of carboxylic acids is 1. The summed E-state index contributed by atoms with van der Waals surface area (Å²) in [6.45, 7) is 14.5. The third-order valence-electron chi connectivity index (χ3n) is 18.9. The van der Waals surface area contributed by atoms with E-state index in [0.29, 0.717) is 49.1 Å². The summed E-state index contributed by atoms with van der Waals surface area (Å²) in [6.07, 6.45) is -4.01. The SMILES string of the molecule is CC[C@H](C)[C@@H]([C@@H](CC(=O)N1CCC[C@H]1[C@H](OC)[C@@H](C)C(=O)N[C@H](C)[C@@H](O)c1ccccc1)OC)N(C)C(=O)[C@@H](NC(=O)[C@H](C(C)C)N(C)C(=O)OCc1ccc(O[C@@H]2OC(C(=O)O)[C@@H](O)C(O)C2O)c(NC(=O)CCNC(=O)OCC2C3CC/C=C\CCC32)c1)C(C)C. The van der Waals surface area contributed by atoms with Crippen molar-refractivity contribution >= 4 is 53.4 Å². The molecule has 2 aliphatic carbocycles. The molecule has 9 N–H and O–H groups in total. The van der Waals surface area contributed by atoms with Crippen molar-refractivity contribution in [2.45, 2.75) is 199 Å². The topological polar surface area (TPSA) is 351 Å². The van der Waals surface area contributed by atoms with Gasteiger partial charge in [-0.3, -0.25) is 28.9 Å². The van der Waals surface area contributed by atoms with Crippen LogP contribution < -0.4 is 26.0 Å². The Morgan fingerprint density at radius 3 is 2.05 bits per heavy atom. The van der Waals surface area contributed by atoms with E-state index in [2.05, 4.69) is 33.4 Å². The molecule has 1 saturated carbocycles. The highest BCUT2D eigenvalue weighted by molar-refractivity contribution is 5.93. The molecule has 5 unspecified atom stereocenters. The number of amides is 7. The molecular weight excluding hydrogens is 1210 g/mol. The van der Waals surface area contributed by atoms with Crippen molar-refractivity contribution in [3.8, 4) is 5.75 Å². The van der Waals surface area contributed by atoms with Crippen LogP contribution in [0.25, 0.3) is 0 Å². The highest BCUT2D eigenvalue weighted by atomic mass is 16.7. The molecule has 2 heterocycles. The molecule has 0 aromatic heterocycles. The molecule has 7 amide bonds. The van der Waals surface area contributed by atoms with E-state index in [1.54, 1.807) is 65.6 Å². The van der Waals surface area contributed by atoms with E-state index in [1.807, 2.05) is 32.0 Å². The number of anilines is 1. The summed E-state index contributed by atoms with van der Waals surface area (Å²) in [5, 5.41) is 63.3. The summed E-state index contributed by atoms with van der Waals surface area (Å²) in [6, 6.07) is 9.07. The van der Waals surface area contributed by atoms with Crippen LogP contribution in [0.5, 0.6) is 5.75 Å². The van der Waals surface area contributed by atoms with Gasteiger partial charge in [0.2, 0.25) is 35.8 Å². The van der Waals surface area contributed by atoms with Crippen LogP contribution in [0, 0.1) is 41.4 Å². The third-order valence-corrected chi connectivity index (χ3v) is 18.9. The lowest BCUT2D eigenvalue weighted by Crippen LogP contribution is -2.61. The maximum absolute atomic E-state index is 14.9. The number of nitrogens with zero attached hydrogens (tertiary/aromatic N) is 3. The minimum atomic E-state index is -2.01. The predicted octanol–water partition coefficient (Wildman–Crippen LogP) is 4.90. The molecule has 2 aromatic rings. The number of aliphatic hydroxyl groups is 4. The zero-order valence-corrected chi connectivity index (χ0v) is 55.8. The number of allylic oxidation sites excluding steroid dienone is 2. The summed E-state index contributed by atoms with van der Waals surface area (Å²) >= 11 is 0. The summed E-state index contributed by atoms with van der Waals surface area (Å²) < 4.78 is 34.4. The molecule has 26 nitrogen and oxygen atoms in total. The van der Waals surface area contributed by atoms with Crippen LogP contribution >= 0.6 is 0 Å². The summed E-state index contributed by atoms with van der Waals surface area (Å²) in [4.78, 5) is 114. The fourth-order valence-electron chi connectivity index (χ4n) is 13.2. The number of hydrogen-bond donors (Lipinski definition) is 9. The minimum Gasteiger partial charge on any atom is -0.479 e. The van der Waals surface area contributed by atoms with Crippen LogP contribution in [0.4, 0.5) is 15.3 Å². The maximum atomic E-state index is 14.9. The first-order valence-corrected chi connectivity index (χ1v) is 32.6. The number of carboxylic acid groups (broad SMARTS) is 1. The molecule has 2 aliphatic heterocycles. The number of ether oxygens (including phenoxy) is 6. The average molecular weight is 1310 g/mol. The Labute approximate surface area is 545 Å². The Kier molecular flexibility index (Phi) is 28.3. The van der Waals surface area contributed by atoms with Gasteiger partial charge in [0.1, 0.15) is 42.8 Å². The number of alkyl carbamates (subject to hydrolysis) is 1. The number of rotatable bonds is 31. The van der Waals surface area contributed by atoms with Gasteiger partial charge < -0.3 is 85.0 Å². The van der Waals surface area contributed by atoms with Crippen LogP contribution in [-0.2, 0) is 59.1 Å². The number of likely N-dealkylation sites (tertiary alicyclic amines) is 1. The Hall–Kier alpha value is -6.94. The Morgan fingerprint density at radius 2 is 1.45 bits per heavy atom. The molecular formula is C67H101N7O19. The normalized spacial score (nSPS) is 25.1. The lowest BCUT2D eigenvalue weighted by molar-refractivity contribution is -0.271. The van der Waals surface area contributed by atoms with Gasteiger partial charge in [0.25, 0.3) is 0 Å². The molecule has 0 spiro atoms. The van der Waals surface area contributed by atoms with Crippen molar-refractivity contribution in [3.63, 3.8) is 0 Å². The van der Waals surface area contributed by atoms with E-state index in [4.69, 9.17) is 28.4 Å². The first-order chi connectivity index (χ1) is 44.1. The number of likely N-dealkylation sites (N-methyl/N-ethyl adjacent to an activating group) is 2. The minimum absolute atomic E-state index is 0.0881. The number of carbonyl (C=O) groups is 8. The van der Waals surface area contributed by atoms with Crippen molar-refractivity contribution < 1.29 is 92.3 Å². The number of aliphatic carboxylic acids is 1. The number of hydrogen-bond acceptors (Lipinski definition) is 18. The van der Waals surface area contributed by atoms with Gasteiger partial charge in [-0.25, -0.2) is 14.4 Å². The number of nitrogens with one attached hydrogen (secondary N) is 4. The fraction of sp³-hybridized carbons (Fsp3) is 0.672. The molecule has 0 bridgehead atoms. The van der Waals surface area contributed by atoms with Crippen molar-refractivity contribution in [2.24, 2.45) is 41.4 Å². The Balaban J connectivity index is 1.10. The second kappa shape index (κ2) is 35.0. The van der Waals surface area contributed by atoms with Gasteiger partial charge in [-0.15, -0.1) is 0 Å². The molecule has 2 aromatic carbocycles. The van der Waals surface area contributed by atoms with E-state index in [0.717, 1.165) is 30.6 Å². The smallest absolute Gasteiger partial charge is 0.410 e. The van der Waals surface area contributed by atoms with Gasteiger partial charge in [-0.2, -0.15) is 0 Å². The van der Waals surface area contributed by atoms with Crippen LogP contribution in [0.15, 0.2) is 60.7 Å². The largest absolute Gasteiger partial charge is 0.479 e. The first kappa shape index (κ1) is 75.1. The predicted molar refractivity (Wildman–Crippen MR) is 341 cm³/mol. The Bertz CT molecular complexity index is 2850. The van der Waals surface area contributed by atoms with Crippen molar-refractivity contribution in [1.29, 1.82) is 0 Å². The van der Waals surface area contributed by atoms with Crippen LogP contribution in [0.2, 0.25) is 0 Å². The zero-order valence-electron chi connectivity index (χ0n) is 55.8. The van der Waals surface area contributed by atoms with Gasteiger partial charge in [0.15, 0.2) is 6.10 Å². The van der Waals surface area contributed by atoms with E-state index in [1.165, 1.54) is 44.4 Å². The van der Waals surface area contributed by atoms with E-state index in [9.17, 15) is 63.9 Å². The molecule has 4 aliphatic rings. The highest BCUT2D eigenvalue weighted by Crippen LogP contribution is 2.53. The number of methoxy groups -OCH3 is 2. The van der Waals surface area contributed by atoms with Crippen LogP contribution in [-0.4, -0.2) is 209 Å². The van der Waals surface area contributed by atoms with E-state index < -0.39 is 139 Å². The first-order valence-electron chi connectivity index (χ1n) is 32.6. The highest BCUT2D eigenvalue weighted by Gasteiger charge is 2.51. The number of fused-ring (bicyclic) bond motifs is 1. The number of carbonyl (C=O) groups excluding carboxylic acids is 7. The number of benzene rings is 2. The van der Waals surface area contributed by atoms with E-state index in [-0.39, 0.29) is 60.7 Å². The molecule has 3 fully saturated rings. The third kappa shape index (κ3) is 19.6. The van der Waals surface area contributed by atoms with Gasteiger partial charge in [-0.1, -0.05) is 103 Å². The summed E-state index contributed by atoms with van der Waals surface area (Å²) in [5.41, 5.74) is 0.834. The number of aliphatic hydroxyl groups excluding tert-OH is 4. The summed E-state index contributed by atoms with van der Waals surface area (Å²) in [5.74, 6) is -4.79. The zero-order chi connectivity index (χ0) is 68.5. The van der Waals surface area contributed by atoms with Crippen molar-refractivity contribution in [1.82, 2.24) is 30.7 Å². The van der Waals surface area contributed by atoms with Gasteiger partial charge in [0, 0.05) is 47.8 Å². The van der Waals surface area contributed by atoms with Gasteiger partial charge >= 0.3 is 18.2 Å². The van der Waals surface area contributed by atoms with Gasteiger partial charge in [-0.05, 0) is 104 Å². The lowest BCUT2D eigenvalue weighted by Gasteiger charge is -2.41. The molecule has 6 rings (SSSR count). The fourth-order valence-corrected chi connectivity index (χ4v) is 13.2. The maximum Gasteiger partial charge on any atom is 0.410 e. The second-order valence-corrected chi connectivity index (χ2v) is 26.0. The molecule has 17 atom stereocenters. The molecule has 93 heavy (non-hydrogen) atoms. The monoisotopic (exact) mass is 1310 g/mol. The standard InChI is InChI=1S/C67H101N7O19/c1-13-38(6)54(49(88-11)33-51(76)74-31-21-26-47(74)59(89-12)39(7)61(81)69-40(8)55(77)42-22-17-16-18-23-42)72(9)63(83)52(36(2)3)71-62(82)53(37(4)5)73(10)67(87)91-34-41-27-28-48(92-65-58(80)56(78)57(79)60(93-65)64(84)85)46(32-41)70-50(75)29-30-68-66(86)90-35-45-43-24-19-14-15-20-25-44(43)45/h14-18,22-23,27-28,32,36-40,43-45,47,49,52-60,65,77-80H,13,19-21,24-26,29-31,33-35H2,1-12H3,(H,68,86)(H,69,81)(H,70,75)(H,71,82)(H,84,85)/b15-14-/t38-,39+,40+,43?,44?,45?,47-,49+,52-,53-,54-,55+,56?,57-,58?,59+,60?,65+/m0/s1. The van der Waals surface area contributed by atoms with Crippen LogP contribution in [0.1, 0.15) is 130 Å². The molecule has 2 saturated heterocycles. The average Bonchev–Trinajstić information content (AvgIpc) is 1.72. The quantitative estimate of drug-likeness (QED) is 0.0453. The molecule has 0 radical (unpaired) electrons.